The van der Waals surface area contributed by atoms with Gasteiger partial charge in [-0.1, -0.05) is 6.07 Å². The van der Waals surface area contributed by atoms with Crippen LogP contribution in [0.25, 0.3) is 10.9 Å². The molecule has 0 saturated carbocycles. The number of aromatic nitrogens is 2. The number of methoxy groups -OCH3 is 2. The highest BCUT2D eigenvalue weighted by molar-refractivity contribution is 5.87. The molecule has 0 aliphatic rings. The van der Waals surface area contributed by atoms with Crippen molar-refractivity contribution in [1.29, 1.82) is 0 Å². The molecule has 0 aliphatic heterocycles. The van der Waals surface area contributed by atoms with E-state index < -0.39 is 0 Å². The van der Waals surface area contributed by atoms with Crippen LogP contribution in [0.3, 0.4) is 0 Å². The van der Waals surface area contributed by atoms with Gasteiger partial charge in [-0.3, -0.25) is 0 Å². The molecule has 6 heteroatoms. The number of benzene rings is 2. The number of hydrogen-bond donors (Lipinski definition) is 1. The predicted molar refractivity (Wildman–Crippen MR) is 85.6 cm³/mol. The maximum absolute atomic E-state index is 9.63. The topological polar surface area (TPSA) is 73.7 Å². The fourth-order valence-electron chi connectivity index (χ4n) is 2.24. The molecule has 1 N–H and O–H groups in total. The van der Waals surface area contributed by atoms with Crippen LogP contribution in [-0.4, -0.2) is 29.3 Å². The Morgan fingerprint density at radius 1 is 0.913 bits per heavy atom. The zero-order valence-corrected chi connectivity index (χ0v) is 13.0. The summed E-state index contributed by atoms with van der Waals surface area (Å²) >= 11 is 0. The fraction of sp³-hybridized carbons (Fsp3) is 0.176. The summed E-state index contributed by atoms with van der Waals surface area (Å²) in [6, 6.07) is 8.45. The largest absolute Gasteiger partial charge is 0.508 e. The summed E-state index contributed by atoms with van der Waals surface area (Å²) in [5.41, 5.74) is 1.56. The summed E-state index contributed by atoms with van der Waals surface area (Å²) in [6.45, 7) is 1.89. The molecule has 0 bridgehead atoms. The number of aryl methyl sites for hydroxylation is 1. The Morgan fingerprint density at radius 2 is 1.65 bits per heavy atom. The summed E-state index contributed by atoms with van der Waals surface area (Å²) in [4.78, 5) is 8.42. The van der Waals surface area contributed by atoms with E-state index >= 15 is 0 Å². The minimum atomic E-state index is 0.128. The van der Waals surface area contributed by atoms with E-state index in [1.807, 2.05) is 6.92 Å². The van der Waals surface area contributed by atoms with E-state index in [1.54, 1.807) is 44.6 Å². The Bertz CT molecular complexity index is 865. The van der Waals surface area contributed by atoms with Gasteiger partial charge in [-0.05, 0) is 24.6 Å². The van der Waals surface area contributed by atoms with Crippen LogP contribution >= 0.6 is 0 Å². The maximum atomic E-state index is 9.63. The summed E-state index contributed by atoms with van der Waals surface area (Å²) < 4.78 is 16.5. The minimum absolute atomic E-state index is 0.128. The smallest absolute Gasteiger partial charge is 0.230 e. The van der Waals surface area contributed by atoms with Gasteiger partial charge in [0, 0.05) is 12.1 Å². The molecule has 0 saturated heterocycles. The highest BCUT2D eigenvalue weighted by Crippen LogP contribution is 2.36. The van der Waals surface area contributed by atoms with Crippen LogP contribution in [0.15, 0.2) is 36.7 Å². The third-order valence-corrected chi connectivity index (χ3v) is 3.48. The molecule has 0 aliphatic carbocycles. The first-order valence-corrected chi connectivity index (χ1v) is 6.96. The third kappa shape index (κ3) is 2.83. The minimum Gasteiger partial charge on any atom is -0.508 e. The molecule has 0 spiro atoms. The molecule has 3 rings (SSSR count). The van der Waals surface area contributed by atoms with Crippen molar-refractivity contribution in [2.24, 2.45) is 0 Å². The van der Waals surface area contributed by atoms with E-state index in [-0.39, 0.29) is 5.75 Å². The van der Waals surface area contributed by atoms with Gasteiger partial charge in [-0.15, -0.1) is 0 Å². The molecule has 0 atom stereocenters. The first kappa shape index (κ1) is 14.9. The molecular weight excluding hydrogens is 296 g/mol. The molecule has 6 nitrogen and oxygen atoms in total. The van der Waals surface area contributed by atoms with Crippen molar-refractivity contribution in [2.45, 2.75) is 6.92 Å². The van der Waals surface area contributed by atoms with Crippen molar-refractivity contribution in [1.82, 2.24) is 9.97 Å². The van der Waals surface area contributed by atoms with Gasteiger partial charge in [0.25, 0.3) is 0 Å². The molecule has 0 unspecified atom stereocenters. The highest BCUT2D eigenvalue weighted by atomic mass is 16.5. The number of hydrogen-bond acceptors (Lipinski definition) is 6. The van der Waals surface area contributed by atoms with Crippen LogP contribution in [0.5, 0.6) is 28.9 Å². The average Bonchev–Trinajstić information content (AvgIpc) is 2.57. The number of phenols is 1. The zero-order valence-electron chi connectivity index (χ0n) is 13.0. The monoisotopic (exact) mass is 312 g/mol. The van der Waals surface area contributed by atoms with Gasteiger partial charge >= 0.3 is 0 Å². The number of phenolic OH excluding ortho intramolecular Hbond substituents is 1. The van der Waals surface area contributed by atoms with Crippen molar-refractivity contribution in [2.75, 3.05) is 14.2 Å². The van der Waals surface area contributed by atoms with E-state index in [0.29, 0.717) is 34.0 Å². The first-order valence-electron chi connectivity index (χ1n) is 6.96. The van der Waals surface area contributed by atoms with Gasteiger partial charge < -0.3 is 19.3 Å². The Labute approximate surface area is 133 Å². The van der Waals surface area contributed by atoms with Crippen LogP contribution < -0.4 is 14.2 Å². The van der Waals surface area contributed by atoms with E-state index in [9.17, 15) is 5.11 Å². The zero-order chi connectivity index (χ0) is 16.4. The lowest BCUT2D eigenvalue weighted by Gasteiger charge is -2.12. The van der Waals surface area contributed by atoms with E-state index in [4.69, 9.17) is 14.2 Å². The molecule has 0 fully saturated rings. The quantitative estimate of drug-likeness (QED) is 0.795. The molecule has 23 heavy (non-hydrogen) atoms. The lowest BCUT2D eigenvalue weighted by Crippen LogP contribution is -1.96. The number of ether oxygens (including phenoxy) is 3. The highest BCUT2D eigenvalue weighted by Gasteiger charge is 2.13. The SMILES string of the molecule is COc1cc2ncnc(Oc3cc(O)ccc3C)c2cc1OC. The predicted octanol–water partition coefficient (Wildman–Crippen LogP) is 3.45. The number of nitrogens with zero attached hydrogens (tertiary/aromatic N) is 2. The van der Waals surface area contributed by atoms with Crippen molar-refractivity contribution in [3.63, 3.8) is 0 Å². The maximum Gasteiger partial charge on any atom is 0.230 e. The van der Waals surface area contributed by atoms with Crippen molar-refractivity contribution >= 4 is 10.9 Å². The summed E-state index contributed by atoms with van der Waals surface area (Å²) in [5.74, 6) is 2.18. The second-order valence-electron chi connectivity index (χ2n) is 4.96. The second kappa shape index (κ2) is 6.00. The van der Waals surface area contributed by atoms with Crippen LogP contribution in [-0.2, 0) is 0 Å². The van der Waals surface area contributed by atoms with Crippen LogP contribution in [0.2, 0.25) is 0 Å². The van der Waals surface area contributed by atoms with Gasteiger partial charge in [0.1, 0.15) is 17.8 Å². The number of aromatic hydroxyl groups is 1. The summed E-state index contributed by atoms with van der Waals surface area (Å²) in [6.07, 6.45) is 1.42. The molecule has 0 radical (unpaired) electrons. The van der Waals surface area contributed by atoms with Gasteiger partial charge in [0.15, 0.2) is 11.5 Å². The molecule has 0 amide bonds. The Hall–Kier alpha value is -3.02. The van der Waals surface area contributed by atoms with Crippen LogP contribution in [0.1, 0.15) is 5.56 Å². The van der Waals surface area contributed by atoms with Gasteiger partial charge in [0.05, 0.1) is 25.1 Å². The van der Waals surface area contributed by atoms with Crippen molar-refractivity contribution in [3.05, 3.63) is 42.2 Å². The van der Waals surface area contributed by atoms with Crippen molar-refractivity contribution in [3.8, 4) is 28.9 Å². The van der Waals surface area contributed by atoms with Crippen molar-refractivity contribution < 1.29 is 19.3 Å². The molecule has 118 valence electrons. The summed E-state index contributed by atoms with van der Waals surface area (Å²) in [5, 5.41) is 10.3. The lowest BCUT2D eigenvalue weighted by atomic mass is 10.2. The Kier molecular flexibility index (Phi) is 3.89. The summed E-state index contributed by atoms with van der Waals surface area (Å²) in [7, 11) is 3.13. The standard InChI is InChI=1S/C17H16N2O4/c1-10-4-5-11(20)6-14(10)23-17-12-7-15(21-2)16(22-3)8-13(12)18-9-19-17/h4-9,20H,1-3H3. The second-order valence-corrected chi connectivity index (χ2v) is 4.96. The van der Waals surface area contributed by atoms with E-state index in [2.05, 4.69) is 9.97 Å². The Balaban J connectivity index is 2.12. The molecular formula is C17H16N2O4. The van der Waals surface area contributed by atoms with Gasteiger partial charge in [-0.2, -0.15) is 0 Å². The first-order chi connectivity index (χ1) is 11.1. The third-order valence-electron chi connectivity index (χ3n) is 3.48. The normalized spacial score (nSPS) is 10.6. The van der Waals surface area contributed by atoms with Gasteiger partial charge in [-0.25, -0.2) is 9.97 Å². The molecule has 3 aromatic rings. The molecule has 1 heterocycles. The van der Waals surface area contributed by atoms with E-state index in [1.165, 1.54) is 6.33 Å². The van der Waals surface area contributed by atoms with Crippen LogP contribution in [0, 0.1) is 6.92 Å². The Morgan fingerprint density at radius 3 is 2.39 bits per heavy atom. The number of fused-ring (bicyclic) bond motifs is 1. The number of rotatable bonds is 4. The van der Waals surface area contributed by atoms with Gasteiger partial charge in [0.2, 0.25) is 5.88 Å². The average molecular weight is 312 g/mol. The fourth-order valence-corrected chi connectivity index (χ4v) is 2.24. The lowest BCUT2D eigenvalue weighted by molar-refractivity contribution is 0.355. The molecule has 2 aromatic carbocycles. The van der Waals surface area contributed by atoms with Crippen LogP contribution in [0.4, 0.5) is 0 Å². The van der Waals surface area contributed by atoms with E-state index in [0.717, 1.165) is 5.56 Å². The molecule has 1 aromatic heterocycles.